The summed E-state index contributed by atoms with van der Waals surface area (Å²) in [6.07, 6.45) is 2.63. The van der Waals surface area contributed by atoms with Crippen molar-refractivity contribution >= 4 is 40.8 Å². The summed E-state index contributed by atoms with van der Waals surface area (Å²) in [4.78, 5) is 32.6. The van der Waals surface area contributed by atoms with Crippen molar-refractivity contribution in [3.63, 3.8) is 0 Å². The molecule has 0 aromatic carbocycles. The topological polar surface area (TPSA) is 104 Å². The number of nitrogens with zero attached hydrogens (tertiary/aromatic N) is 4. The number of anilines is 1. The van der Waals surface area contributed by atoms with E-state index in [2.05, 4.69) is 15.3 Å². The predicted octanol–water partition coefficient (Wildman–Crippen LogP) is 2.14. The third kappa shape index (κ3) is 3.88. The molecule has 8 nitrogen and oxygen atoms in total. The Hall–Kier alpha value is -1.64. The first-order valence-electron chi connectivity index (χ1n) is 7.68. The summed E-state index contributed by atoms with van der Waals surface area (Å²) in [7, 11) is 0. The first kappa shape index (κ1) is 18.7. The number of hydrogen-bond acceptors (Lipinski definition) is 5. The standard InChI is InChI=1S/C14H20Cl2N6O2/c1-3-8(2)9(17)13(23)21-5-4-6-22(21)14(24)20-10-11(15)18-7-19-12(10)16/h7-9H,3-6,17H2,1-2H3,(H,20,24). The highest BCUT2D eigenvalue weighted by atomic mass is 35.5. The number of nitrogens with one attached hydrogen (secondary N) is 1. The number of nitrogens with two attached hydrogens (primary N) is 1. The van der Waals surface area contributed by atoms with Gasteiger partial charge in [0.05, 0.1) is 6.04 Å². The van der Waals surface area contributed by atoms with E-state index in [0.717, 1.165) is 6.42 Å². The maximum absolute atomic E-state index is 12.5. The molecule has 1 aromatic heterocycles. The molecule has 132 valence electrons. The molecule has 2 heterocycles. The molecule has 0 aliphatic carbocycles. The van der Waals surface area contributed by atoms with Crippen molar-refractivity contribution in [2.75, 3.05) is 18.4 Å². The maximum atomic E-state index is 12.5. The van der Waals surface area contributed by atoms with E-state index in [1.54, 1.807) is 0 Å². The molecule has 1 aliphatic heterocycles. The average molecular weight is 375 g/mol. The van der Waals surface area contributed by atoms with E-state index in [0.29, 0.717) is 19.5 Å². The largest absolute Gasteiger partial charge is 0.340 e. The summed E-state index contributed by atoms with van der Waals surface area (Å²) < 4.78 is 0. The van der Waals surface area contributed by atoms with Crippen LogP contribution >= 0.6 is 23.2 Å². The molecule has 0 bridgehead atoms. The minimum absolute atomic E-state index is 0.0226. The lowest BCUT2D eigenvalue weighted by molar-refractivity contribution is -0.142. The maximum Gasteiger partial charge on any atom is 0.340 e. The fraction of sp³-hybridized carbons (Fsp3) is 0.571. The number of hydrogen-bond donors (Lipinski definition) is 2. The van der Waals surface area contributed by atoms with Crippen molar-refractivity contribution in [2.45, 2.75) is 32.7 Å². The van der Waals surface area contributed by atoms with Crippen LogP contribution in [-0.2, 0) is 4.79 Å². The van der Waals surface area contributed by atoms with E-state index in [4.69, 9.17) is 28.9 Å². The lowest BCUT2D eigenvalue weighted by Crippen LogP contribution is -2.53. The van der Waals surface area contributed by atoms with Crippen molar-refractivity contribution in [3.05, 3.63) is 16.6 Å². The Bertz CT molecular complexity index is 609. The van der Waals surface area contributed by atoms with Gasteiger partial charge in [0.2, 0.25) is 0 Å². The molecule has 24 heavy (non-hydrogen) atoms. The first-order chi connectivity index (χ1) is 11.4. The molecule has 3 amide bonds. The zero-order valence-electron chi connectivity index (χ0n) is 13.5. The molecule has 1 saturated heterocycles. The Balaban J connectivity index is 2.12. The molecular weight excluding hydrogens is 355 g/mol. The molecule has 1 aliphatic rings. The van der Waals surface area contributed by atoms with E-state index in [9.17, 15) is 9.59 Å². The Labute approximate surface area is 150 Å². The summed E-state index contributed by atoms with van der Waals surface area (Å²) in [6, 6.07) is -1.19. The van der Waals surface area contributed by atoms with Crippen LogP contribution in [0.25, 0.3) is 0 Å². The summed E-state index contributed by atoms with van der Waals surface area (Å²) in [5.41, 5.74) is 6.11. The molecule has 1 aromatic rings. The number of urea groups is 1. The number of rotatable bonds is 4. The third-order valence-electron chi connectivity index (χ3n) is 4.05. The van der Waals surface area contributed by atoms with Crippen molar-refractivity contribution in [1.29, 1.82) is 0 Å². The lowest BCUT2D eigenvalue weighted by atomic mass is 9.99. The van der Waals surface area contributed by atoms with Gasteiger partial charge in [0.25, 0.3) is 5.91 Å². The van der Waals surface area contributed by atoms with E-state index in [-0.39, 0.29) is 27.8 Å². The smallest absolute Gasteiger partial charge is 0.320 e. The number of aromatic nitrogens is 2. The number of amides is 3. The molecule has 2 rings (SSSR count). The van der Waals surface area contributed by atoms with Gasteiger partial charge < -0.3 is 11.1 Å². The molecule has 0 radical (unpaired) electrons. The average Bonchev–Trinajstić information content (AvgIpc) is 3.05. The number of hydrazine groups is 1. The highest BCUT2D eigenvalue weighted by Crippen LogP contribution is 2.26. The third-order valence-corrected chi connectivity index (χ3v) is 4.62. The van der Waals surface area contributed by atoms with Gasteiger partial charge in [-0.15, -0.1) is 0 Å². The summed E-state index contributed by atoms with van der Waals surface area (Å²) in [5.74, 6) is -0.257. The van der Waals surface area contributed by atoms with Gasteiger partial charge in [-0.3, -0.25) is 4.79 Å². The van der Waals surface area contributed by atoms with Gasteiger partial charge in [0.1, 0.15) is 12.0 Å². The minimum atomic E-state index is -0.657. The van der Waals surface area contributed by atoms with Crippen molar-refractivity contribution in [2.24, 2.45) is 11.7 Å². The summed E-state index contributed by atoms with van der Waals surface area (Å²) in [6.45, 7) is 4.70. The molecular formula is C14H20Cl2N6O2. The van der Waals surface area contributed by atoms with E-state index >= 15 is 0 Å². The van der Waals surface area contributed by atoms with Crippen LogP contribution in [0.5, 0.6) is 0 Å². The Kier molecular flexibility index (Phi) is 6.20. The van der Waals surface area contributed by atoms with Gasteiger partial charge in [0, 0.05) is 13.1 Å². The fourth-order valence-corrected chi connectivity index (χ4v) is 2.75. The summed E-state index contributed by atoms with van der Waals surface area (Å²) in [5, 5.41) is 5.28. The van der Waals surface area contributed by atoms with Gasteiger partial charge in [0.15, 0.2) is 10.3 Å². The molecule has 0 saturated carbocycles. The quantitative estimate of drug-likeness (QED) is 0.785. The van der Waals surface area contributed by atoms with Gasteiger partial charge in [-0.1, -0.05) is 43.5 Å². The monoisotopic (exact) mass is 374 g/mol. The highest BCUT2D eigenvalue weighted by molar-refractivity contribution is 6.38. The van der Waals surface area contributed by atoms with Crippen LogP contribution in [0.15, 0.2) is 6.33 Å². The molecule has 2 unspecified atom stereocenters. The molecule has 1 fully saturated rings. The number of halogens is 2. The molecule has 3 N–H and O–H groups in total. The van der Waals surface area contributed by atoms with Crippen molar-refractivity contribution < 1.29 is 9.59 Å². The highest BCUT2D eigenvalue weighted by Gasteiger charge is 2.35. The Morgan fingerprint density at radius 2 is 1.88 bits per heavy atom. The predicted molar refractivity (Wildman–Crippen MR) is 91.5 cm³/mol. The van der Waals surface area contributed by atoms with Crippen LogP contribution in [0.1, 0.15) is 26.7 Å². The Morgan fingerprint density at radius 3 is 2.46 bits per heavy atom. The van der Waals surface area contributed by atoms with Crippen LogP contribution in [0.3, 0.4) is 0 Å². The second-order valence-electron chi connectivity index (χ2n) is 5.61. The molecule has 0 spiro atoms. The first-order valence-corrected chi connectivity index (χ1v) is 8.43. The molecule has 10 heteroatoms. The normalized spacial score (nSPS) is 16.9. The zero-order chi connectivity index (χ0) is 17.9. The van der Waals surface area contributed by atoms with E-state index in [1.807, 2.05) is 13.8 Å². The SMILES string of the molecule is CCC(C)C(N)C(=O)N1CCCN1C(=O)Nc1c(Cl)ncnc1Cl. The number of carbonyl (C=O) groups is 2. The summed E-state index contributed by atoms with van der Waals surface area (Å²) >= 11 is 11.8. The Morgan fingerprint density at radius 1 is 1.29 bits per heavy atom. The van der Waals surface area contributed by atoms with Crippen LogP contribution in [0.4, 0.5) is 10.5 Å². The number of carbonyl (C=O) groups excluding carboxylic acids is 2. The van der Waals surface area contributed by atoms with Gasteiger partial charge in [-0.25, -0.2) is 24.8 Å². The van der Waals surface area contributed by atoms with Gasteiger partial charge in [-0.2, -0.15) is 0 Å². The second-order valence-corrected chi connectivity index (χ2v) is 6.33. The van der Waals surface area contributed by atoms with Crippen LogP contribution in [0, 0.1) is 5.92 Å². The van der Waals surface area contributed by atoms with E-state index in [1.165, 1.54) is 16.3 Å². The fourth-order valence-electron chi connectivity index (χ4n) is 2.34. The van der Waals surface area contributed by atoms with E-state index < -0.39 is 12.1 Å². The van der Waals surface area contributed by atoms with Gasteiger partial charge >= 0.3 is 6.03 Å². The zero-order valence-corrected chi connectivity index (χ0v) is 15.0. The molecule has 2 atom stereocenters. The minimum Gasteiger partial charge on any atom is -0.320 e. The van der Waals surface area contributed by atoms with Crippen molar-refractivity contribution in [3.8, 4) is 0 Å². The second kappa shape index (κ2) is 7.96. The van der Waals surface area contributed by atoms with Crippen LogP contribution in [0.2, 0.25) is 10.3 Å². The van der Waals surface area contributed by atoms with Crippen LogP contribution in [-0.4, -0.2) is 51.1 Å². The van der Waals surface area contributed by atoms with Gasteiger partial charge in [-0.05, 0) is 12.3 Å². The van der Waals surface area contributed by atoms with Crippen molar-refractivity contribution in [1.82, 2.24) is 20.0 Å². The van der Waals surface area contributed by atoms with Crippen LogP contribution < -0.4 is 11.1 Å². The lowest BCUT2D eigenvalue weighted by Gasteiger charge is -2.31.